The van der Waals surface area contributed by atoms with Crippen LogP contribution in [0, 0.1) is 0 Å². The highest BCUT2D eigenvalue weighted by atomic mass is 32.2. The van der Waals surface area contributed by atoms with Gasteiger partial charge >= 0.3 is 0 Å². The maximum Gasteiger partial charge on any atom is 0.243 e. The van der Waals surface area contributed by atoms with Crippen molar-refractivity contribution in [2.24, 2.45) is 0 Å². The van der Waals surface area contributed by atoms with Crippen LogP contribution in [0.2, 0.25) is 0 Å². The molecular weight excluding hydrogens is 426 g/mol. The van der Waals surface area contributed by atoms with E-state index in [2.05, 4.69) is 10.3 Å². The minimum atomic E-state index is -3.67. The van der Waals surface area contributed by atoms with Crippen LogP contribution in [-0.2, 0) is 32.7 Å². The summed E-state index contributed by atoms with van der Waals surface area (Å²) in [5, 5.41) is 2.38. The summed E-state index contributed by atoms with van der Waals surface area (Å²) in [6.45, 7) is 0.542. The van der Waals surface area contributed by atoms with Gasteiger partial charge < -0.3 is 0 Å². The van der Waals surface area contributed by atoms with Crippen LogP contribution in [0.25, 0.3) is 11.1 Å². The number of carbonyl (C=O) groups is 2. The Balaban J connectivity index is 1.36. The number of benzene rings is 2. The molecular formula is C24H21N3O4S. The number of aromatic nitrogens is 1. The fourth-order valence-corrected chi connectivity index (χ4v) is 5.68. The summed E-state index contributed by atoms with van der Waals surface area (Å²) in [7, 11) is -3.67. The molecule has 8 heteroatoms. The molecule has 0 bridgehead atoms. The molecule has 2 aliphatic rings. The van der Waals surface area contributed by atoms with E-state index in [1.54, 1.807) is 36.7 Å². The van der Waals surface area contributed by atoms with Crippen molar-refractivity contribution in [1.29, 1.82) is 0 Å². The summed E-state index contributed by atoms with van der Waals surface area (Å²) in [4.78, 5) is 28.0. The van der Waals surface area contributed by atoms with Gasteiger partial charge in [-0.1, -0.05) is 36.4 Å². The Morgan fingerprint density at radius 1 is 0.938 bits per heavy atom. The average Bonchev–Trinajstić information content (AvgIpc) is 3.24. The summed E-state index contributed by atoms with van der Waals surface area (Å²) >= 11 is 0. The molecule has 0 saturated carbocycles. The Bertz CT molecular complexity index is 1300. The third kappa shape index (κ3) is 3.72. The van der Waals surface area contributed by atoms with E-state index >= 15 is 0 Å². The van der Waals surface area contributed by atoms with Crippen molar-refractivity contribution in [3.63, 3.8) is 0 Å². The molecule has 2 amide bonds. The van der Waals surface area contributed by atoms with E-state index in [1.807, 2.05) is 30.3 Å². The van der Waals surface area contributed by atoms with Gasteiger partial charge in [0.05, 0.1) is 10.8 Å². The number of pyridine rings is 1. The molecule has 162 valence electrons. The number of sulfonamides is 1. The van der Waals surface area contributed by atoms with Gasteiger partial charge in [0.15, 0.2) is 0 Å². The summed E-state index contributed by atoms with van der Waals surface area (Å²) in [5.41, 5.74) is 4.45. The molecule has 1 fully saturated rings. The molecule has 3 heterocycles. The first-order chi connectivity index (χ1) is 15.4. The molecule has 0 aliphatic carbocycles. The smallest absolute Gasteiger partial charge is 0.243 e. The van der Waals surface area contributed by atoms with Gasteiger partial charge in [0, 0.05) is 31.9 Å². The second-order valence-electron chi connectivity index (χ2n) is 8.07. The molecule has 0 radical (unpaired) electrons. The second-order valence-corrected chi connectivity index (χ2v) is 10.0. The summed E-state index contributed by atoms with van der Waals surface area (Å²) in [5.74, 6) is -0.930. The Kier molecular flexibility index (Phi) is 5.11. The molecule has 1 aromatic heterocycles. The maximum atomic E-state index is 13.2. The molecule has 1 unspecified atom stereocenters. The van der Waals surface area contributed by atoms with Crippen molar-refractivity contribution < 1.29 is 18.0 Å². The van der Waals surface area contributed by atoms with Crippen molar-refractivity contribution >= 4 is 21.8 Å². The highest BCUT2D eigenvalue weighted by Gasteiger charge is 2.33. The molecule has 0 spiro atoms. The van der Waals surface area contributed by atoms with Crippen LogP contribution in [0.1, 0.15) is 35.4 Å². The van der Waals surface area contributed by atoms with Gasteiger partial charge in [-0.15, -0.1) is 0 Å². The standard InChI is InChI=1S/C24H21N3O4S/c28-23-10-9-22(24(29)26-23)17-3-4-19-14-27(15-20(19)12-17)32(30,31)21-7-5-16(6-8-21)18-2-1-11-25-13-18/h1-8,11-13,22H,9-10,14-15H2,(H,26,28,29). The molecule has 1 atom stereocenters. The van der Waals surface area contributed by atoms with E-state index in [-0.39, 0.29) is 35.7 Å². The molecule has 1 saturated heterocycles. The fourth-order valence-electron chi connectivity index (χ4n) is 4.28. The summed E-state index contributed by atoms with van der Waals surface area (Å²) in [6, 6.07) is 16.2. The lowest BCUT2D eigenvalue weighted by Gasteiger charge is -2.21. The van der Waals surface area contributed by atoms with Gasteiger partial charge in [0.2, 0.25) is 21.8 Å². The number of amides is 2. The van der Waals surface area contributed by atoms with Crippen LogP contribution in [-0.4, -0.2) is 29.5 Å². The minimum Gasteiger partial charge on any atom is -0.296 e. The van der Waals surface area contributed by atoms with Crippen LogP contribution < -0.4 is 5.32 Å². The number of fused-ring (bicyclic) bond motifs is 1. The first-order valence-electron chi connectivity index (χ1n) is 10.4. The first-order valence-corrected chi connectivity index (χ1v) is 11.8. The average molecular weight is 448 g/mol. The van der Waals surface area contributed by atoms with E-state index in [4.69, 9.17) is 0 Å². The number of piperidine rings is 1. The van der Waals surface area contributed by atoms with E-state index < -0.39 is 10.0 Å². The molecule has 7 nitrogen and oxygen atoms in total. The zero-order chi connectivity index (χ0) is 22.3. The lowest BCUT2D eigenvalue weighted by Crippen LogP contribution is -2.39. The first kappa shape index (κ1) is 20.5. The Hall–Kier alpha value is -3.36. The van der Waals surface area contributed by atoms with Crippen LogP contribution in [0.3, 0.4) is 0 Å². The summed E-state index contributed by atoms with van der Waals surface area (Å²) in [6.07, 6.45) is 4.21. The number of nitrogens with zero attached hydrogens (tertiary/aromatic N) is 2. The predicted octanol–water partition coefficient (Wildman–Crippen LogP) is 2.97. The number of nitrogens with one attached hydrogen (secondary N) is 1. The third-order valence-corrected chi connectivity index (χ3v) is 7.86. The van der Waals surface area contributed by atoms with Crippen molar-refractivity contribution in [2.75, 3.05) is 0 Å². The van der Waals surface area contributed by atoms with Gasteiger partial charge in [-0.05, 0) is 52.4 Å². The Labute approximate surface area is 186 Å². The van der Waals surface area contributed by atoms with Gasteiger partial charge in [-0.25, -0.2) is 8.42 Å². The van der Waals surface area contributed by atoms with Crippen molar-refractivity contribution in [3.8, 4) is 11.1 Å². The normalized spacial score (nSPS) is 18.9. The van der Waals surface area contributed by atoms with Crippen LogP contribution in [0.4, 0.5) is 0 Å². The lowest BCUT2D eigenvalue weighted by atomic mass is 9.89. The number of hydrogen-bond acceptors (Lipinski definition) is 5. The molecule has 32 heavy (non-hydrogen) atoms. The molecule has 2 aliphatic heterocycles. The second kappa shape index (κ2) is 7.96. The molecule has 1 N–H and O–H groups in total. The zero-order valence-electron chi connectivity index (χ0n) is 17.2. The number of imide groups is 1. The zero-order valence-corrected chi connectivity index (χ0v) is 18.0. The van der Waals surface area contributed by atoms with Gasteiger partial charge in [0.1, 0.15) is 0 Å². The quantitative estimate of drug-likeness (QED) is 0.621. The lowest BCUT2D eigenvalue weighted by molar-refractivity contribution is -0.134. The van der Waals surface area contributed by atoms with Crippen LogP contribution in [0.5, 0.6) is 0 Å². The third-order valence-electron chi connectivity index (χ3n) is 6.05. The summed E-state index contributed by atoms with van der Waals surface area (Å²) < 4.78 is 27.9. The maximum absolute atomic E-state index is 13.2. The number of carbonyl (C=O) groups excluding carboxylic acids is 2. The van der Waals surface area contributed by atoms with Gasteiger partial charge in [0.25, 0.3) is 0 Å². The van der Waals surface area contributed by atoms with E-state index in [0.29, 0.717) is 12.8 Å². The SMILES string of the molecule is O=C1CCC(c2ccc3c(c2)CN(S(=O)(=O)c2ccc(-c4cccnc4)cc2)C3)C(=O)N1. The van der Waals surface area contributed by atoms with E-state index in [9.17, 15) is 18.0 Å². The highest BCUT2D eigenvalue weighted by Crippen LogP contribution is 2.33. The van der Waals surface area contributed by atoms with Crippen molar-refractivity contribution in [3.05, 3.63) is 83.7 Å². The highest BCUT2D eigenvalue weighted by molar-refractivity contribution is 7.89. The topological polar surface area (TPSA) is 96.4 Å². The fraction of sp³-hybridized carbons (Fsp3) is 0.208. The minimum absolute atomic E-state index is 0.239. The predicted molar refractivity (Wildman–Crippen MR) is 118 cm³/mol. The largest absolute Gasteiger partial charge is 0.296 e. The van der Waals surface area contributed by atoms with E-state index in [0.717, 1.165) is 27.8 Å². The number of rotatable bonds is 4. The monoisotopic (exact) mass is 447 g/mol. The Morgan fingerprint density at radius 3 is 2.44 bits per heavy atom. The van der Waals surface area contributed by atoms with Crippen molar-refractivity contribution in [2.45, 2.75) is 36.7 Å². The van der Waals surface area contributed by atoms with Crippen LogP contribution >= 0.6 is 0 Å². The molecule has 5 rings (SSSR count). The van der Waals surface area contributed by atoms with Crippen molar-refractivity contribution in [1.82, 2.24) is 14.6 Å². The van der Waals surface area contributed by atoms with Crippen LogP contribution in [0.15, 0.2) is 71.9 Å². The van der Waals surface area contributed by atoms with Gasteiger partial charge in [-0.3, -0.25) is 19.9 Å². The molecule has 3 aromatic rings. The number of hydrogen-bond donors (Lipinski definition) is 1. The van der Waals surface area contributed by atoms with E-state index in [1.165, 1.54) is 4.31 Å². The Morgan fingerprint density at radius 2 is 1.72 bits per heavy atom. The van der Waals surface area contributed by atoms with Gasteiger partial charge in [-0.2, -0.15) is 4.31 Å². The molecule has 2 aromatic carbocycles.